The molecule has 1 N–H and O–H groups in total. The lowest BCUT2D eigenvalue weighted by Gasteiger charge is -2.25. The Hall–Kier alpha value is -2.27. The number of aryl methyl sites for hydroxylation is 1. The minimum atomic E-state index is -0.532. The highest BCUT2D eigenvalue weighted by Crippen LogP contribution is 2.32. The van der Waals surface area contributed by atoms with Crippen molar-refractivity contribution in [3.8, 4) is 0 Å². The van der Waals surface area contributed by atoms with Crippen molar-refractivity contribution >= 4 is 5.91 Å². The summed E-state index contributed by atoms with van der Waals surface area (Å²) in [5.41, 5.74) is 1.92. The van der Waals surface area contributed by atoms with Crippen LogP contribution in [-0.4, -0.2) is 33.5 Å². The maximum atomic E-state index is 13.1. The Labute approximate surface area is 134 Å². The number of halogens is 1. The van der Waals surface area contributed by atoms with E-state index in [4.69, 9.17) is 0 Å². The van der Waals surface area contributed by atoms with Crippen LogP contribution in [0.4, 0.5) is 4.39 Å². The SMILES string of the molecule is O=C(CCc1ccncc1)N1CC(O)CC1c1ccc(F)cc1. The molecule has 0 radical (unpaired) electrons. The van der Waals surface area contributed by atoms with Gasteiger partial charge in [-0.25, -0.2) is 4.39 Å². The van der Waals surface area contributed by atoms with Crippen molar-refractivity contribution in [3.63, 3.8) is 0 Å². The van der Waals surface area contributed by atoms with E-state index in [0.717, 1.165) is 11.1 Å². The third-order valence-corrected chi connectivity index (χ3v) is 4.23. The number of rotatable bonds is 4. The lowest BCUT2D eigenvalue weighted by Crippen LogP contribution is -2.31. The predicted molar refractivity (Wildman–Crippen MR) is 84.0 cm³/mol. The molecule has 5 heteroatoms. The number of β-amino-alcohol motifs (C(OH)–C–C–N with tert-alkyl or cyclic N) is 1. The van der Waals surface area contributed by atoms with Gasteiger partial charge >= 0.3 is 0 Å². The van der Waals surface area contributed by atoms with Gasteiger partial charge in [-0.2, -0.15) is 0 Å². The van der Waals surface area contributed by atoms with Gasteiger partial charge in [0.25, 0.3) is 0 Å². The molecule has 1 aliphatic rings. The van der Waals surface area contributed by atoms with Crippen LogP contribution in [0, 0.1) is 5.82 Å². The van der Waals surface area contributed by atoms with Gasteiger partial charge in [-0.1, -0.05) is 12.1 Å². The predicted octanol–water partition coefficient (Wildman–Crippen LogP) is 2.49. The second-order valence-electron chi connectivity index (χ2n) is 5.86. The molecule has 2 unspecified atom stereocenters. The molecule has 1 fully saturated rings. The number of carbonyl (C=O) groups is 1. The van der Waals surface area contributed by atoms with Gasteiger partial charge in [-0.05, 0) is 48.2 Å². The maximum Gasteiger partial charge on any atom is 0.223 e. The molecular formula is C18H19FN2O2. The molecule has 0 aliphatic carbocycles. The average molecular weight is 314 g/mol. The van der Waals surface area contributed by atoms with E-state index in [0.29, 0.717) is 25.8 Å². The van der Waals surface area contributed by atoms with Gasteiger partial charge in [0.2, 0.25) is 5.91 Å². The Morgan fingerprint density at radius 1 is 1.22 bits per heavy atom. The van der Waals surface area contributed by atoms with Crippen molar-refractivity contribution in [2.24, 2.45) is 0 Å². The normalized spacial score (nSPS) is 20.7. The van der Waals surface area contributed by atoms with Crippen LogP contribution >= 0.6 is 0 Å². The van der Waals surface area contributed by atoms with E-state index < -0.39 is 6.10 Å². The van der Waals surface area contributed by atoms with Crippen molar-refractivity contribution in [2.45, 2.75) is 31.4 Å². The van der Waals surface area contributed by atoms with Crippen molar-refractivity contribution in [3.05, 3.63) is 65.7 Å². The number of nitrogens with zero attached hydrogens (tertiary/aromatic N) is 2. The lowest BCUT2D eigenvalue weighted by atomic mass is 10.0. The molecule has 0 bridgehead atoms. The van der Waals surface area contributed by atoms with E-state index in [1.807, 2.05) is 12.1 Å². The van der Waals surface area contributed by atoms with E-state index in [-0.39, 0.29) is 17.8 Å². The molecule has 23 heavy (non-hydrogen) atoms. The molecule has 0 saturated carbocycles. The fraction of sp³-hybridized carbons (Fsp3) is 0.333. The summed E-state index contributed by atoms with van der Waals surface area (Å²) in [6.07, 6.45) is 4.40. The fourth-order valence-corrected chi connectivity index (χ4v) is 3.03. The van der Waals surface area contributed by atoms with Crippen LogP contribution in [0.25, 0.3) is 0 Å². The van der Waals surface area contributed by atoms with E-state index >= 15 is 0 Å². The molecule has 1 aromatic carbocycles. The number of aromatic nitrogens is 1. The first kappa shape index (κ1) is 15.6. The van der Waals surface area contributed by atoms with Crippen LogP contribution in [0.2, 0.25) is 0 Å². The molecule has 1 saturated heterocycles. The Kier molecular flexibility index (Phi) is 4.67. The summed E-state index contributed by atoms with van der Waals surface area (Å²) in [5.74, 6) is -0.296. The van der Waals surface area contributed by atoms with E-state index in [9.17, 15) is 14.3 Å². The van der Waals surface area contributed by atoms with Gasteiger partial charge in [-0.3, -0.25) is 9.78 Å². The summed E-state index contributed by atoms with van der Waals surface area (Å²) in [4.78, 5) is 18.2. The lowest BCUT2D eigenvalue weighted by molar-refractivity contribution is -0.132. The first-order valence-corrected chi connectivity index (χ1v) is 7.75. The second kappa shape index (κ2) is 6.87. The van der Waals surface area contributed by atoms with Crippen molar-refractivity contribution in [1.82, 2.24) is 9.88 Å². The van der Waals surface area contributed by atoms with E-state index in [1.165, 1.54) is 12.1 Å². The van der Waals surface area contributed by atoms with Gasteiger partial charge in [0.1, 0.15) is 5.82 Å². The van der Waals surface area contributed by atoms with Crippen LogP contribution in [0.1, 0.15) is 30.0 Å². The van der Waals surface area contributed by atoms with E-state index in [1.54, 1.807) is 29.4 Å². The highest BCUT2D eigenvalue weighted by Gasteiger charge is 2.34. The fourth-order valence-electron chi connectivity index (χ4n) is 3.03. The molecule has 1 aromatic heterocycles. The van der Waals surface area contributed by atoms with Gasteiger partial charge in [-0.15, -0.1) is 0 Å². The largest absolute Gasteiger partial charge is 0.391 e. The smallest absolute Gasteiger partial charge is 0.223 e. The van der Waals surface area contributed by atoms with Crippen LogP contribution in [0.3, 0.4) is 0 Å². The zero-order valence-corrected chi connectivity index (χ0v) is 12.7. The van der Waals surface area contributed by atoms with Crippen LogP contribution < -0.4 is 0 Å². The summed E-state index contributed by atoms with van der Waals surface area (Å²) in [5, 5.41) is 9.94. The summed E-state index contributed by atoms with van der Waals surface area (Å²) in [6.45, 7) is 0.331. The number of pyridine rings is 1. The minimum Gasteiger partial charge on any atom is -0.391 e. The Balaban J connectivity index is 1.69. The van der Waals surface area contributed by atoms with Gasteiger partial charge in [0.05, 0.1) is 12.1 Å². The zero-order valence-electron chi connectivity index (χ0n) is 12.7. The number of hydrogen-bond donors (Lipinski definition) is 1. The highest BCUT2D eigenvalue weighted by molar-refractivity contribution is 5.77. The molecule has 3 rings (SSSR count). The number of aliphatic hydroxyl groups is 1. The van der Waals surface area contributed by atoms with Crippen LogP contribution in [0.5, 0.6) is 0 Å². The highest BCUT2D eigenvalue weighted by atomic mass is 19.1. The average Bonchev–Trinajstić information content (AvgIpc) is 2.96. The van der Waals surface area contributed by atoms with Crippen LogP contribution in [-0.2, 0) is 11.2 Å². The van der Waals surface area contributed by atoms with Crippen molar-refractivity contribution in [1.29, 1.82) is 0 Å². The number of hydrogen-bond acceptors (Lipinski definition) is 3. The Morgan fingerprint density at radius 2 is 1.91 bits per heavy atom. The molecule has 0 spiro atoms. The van der Waals surface area contributed by atoms with Gasteiger partial charge in [0.15, 0.2) is 0 Å². The quantitative estimate of drug-likeness (QED) is 0.943. The summed E-state index contributed by atoms with van der Waals surface area (Å²) in [6, 6.07) is 9.74. The molecule has 1 amide bonds. The number of likely N-dealkylation sites (tertiary alicyclic amines) is 1. The summed E-state index contributed by atoms with van der Waals surface area (Å²) >= 11 is 0. The monoisotopic (exact) mass is 314 g/mol. The summed E-state index contributed by atoms with van der Waals surface area (Å²) < 4.78 is 13.1. The molecular weight excluding hydrogens is 295 g/mol. The first-order chi connectivity index (χ1) is 11.1. The zero-order chi connectivity index (χ0) is 16.2. The molecule has 2 aromatic rings. The summed E-state index contributed by atoms with van der Waals surface area (Å²) in [7, 11) is 0. The number of amides is 1. The molecule has 2 heterocycles. The van der Waals surface area contributed by atoms with Gasteiger partial charge < -0.3 is 10.0 Å². The second-order valence-corrected chi connectivity index (χ2v) is 5.86. The third kappa shape index (κ3) is 3.74. The first-order valence-electron chi connectivity index (χ1n) is 7.75. The van der Waals surface area contributed by atoms with Gasteiger partial charge in [0, 0.05) is 25.4 Å². The Bertz CT molecular complexity index is 660. The molecule has 2 atom stereocenters. The number of aliphatic hydroxyl groups excluding tert-OH is 1. The Morgan fingerprint density at radius 3 is 2.61 bits per heavy atom. The minimum absolute atomic E-state index is 0.00712. The third-order valence-electron chi connectivity index (χ3n) is 4.23. The molecule has 4 nitrogen and oxygen atoms in total. The van der Waals surface area contributed by atoms with Crippen molar-refractivity contribution in [2.75, 3.05) is 6.54 Å². The number of carbonyl (C=O) groups excluding carboxylic acids is 1. The number of benzene rings is 1. The maximum absolute atomic E-state index is 13.1. The molecule has 1 aliphatic heterocycles. The topological polar surface area (TPSA) is 53.4 Å². The van der Waals surface area contributed by atoms with E-state index in [2.05, 4.69) is 4.98 Å². The van der Waals surface area contributed by atoms with Crippen LogP contribution in [0.15, 0.2) is 48.8 Å². The van der Waals surface area contributed by atoms with Crippen molar-refractivity contribution < 1.29 is 14.3 Å². The standard InChI is InChI=1S/C18H19FN2O2/c19-15-4-2-14(3-5-15)17-11-16(22)12-21(17)18(23)6-1-13-7-9-20-10-8-13/h2-5,7-10,16-17,22H,1,6,11-12H2. The molecule has 120 valence electrons.